The Morgan fingerprint density at radius 2 is 1.70 bits per heavy atom. The molecule has 0 saturated carbocycles. The molecule has 0 spiro atoms. The minimum absolute atomic E-state index is 0.0572. The Kier molecular flexibility index (Phi) is 3.91. The van der Waals surface area contributed by atoms with Crippen LogP contribution in [0.15, 0.2) is 53.4 Å². The molecule has 104 valence electrons. The van der Waals surface area contributed by atoms with Crippen LogP contribution in [0.1, 0.15) is 0 Å². The summed E-state index contributed by atoms with van der Waals surface area (Å²) in [5.74, 6) is 0.0572. The van der Waals surface area contributed by atoms with Crippen LogP contribution in [0.4, 0.5) is 5.69 Å². The Bertz CT molecular complexity index is 746. The van der Waals surface area contributed by atoms with Crippen LogP contribution < -0.4 is 4.18 Å². The van der Waals surface area contributed by atoms with Crippen molar-refractivity contribution in [1.82, 2.24) is 0 Å². The molecule has 2 aromatic carbocycles. The second-order valence-electron chi connectivity index (χ2n) is 3.69. The van der Waals surface area contributed by atoms with Gasteiger partial charge in [-0.15, -0.1) is 0 Å². The van der Waals surface area contributed by atoms with Gasteiger partial charge in [-0.3, -0.25) is 10.1 Å². The average Bonchev–Trinajstić information content (AvgIpc) is 2.38. The molecule has 0 aromatic heterocycles. The summed E-state index contributed by atoms with van der Waals surface area (Å²) < 4.78 is 29.0. The minimum atomic E-state index is -4.34. The molecular formula is C12H8ClNO5S. The molecule has 0 saturated heterocycles. The van der Waals surface area contributed by atoms with Gasteiger partial charge < -0.3 is 4.18 Å². The molecule has 0 atom stereocenters. The first kappa shape index (κ1) is 14.3. The smallest absolute Gasteiger partial charge is 0.346 e. The van der Waals surface area contributed by atoms with Crippen molar-refractivity contribution in [1.29, 1.82) is 0 Å². The Balaban J connectivity index is 2.50. The second kappa shape index (κ2) is 5.48. The van der Waals surface area contributed by atoms with E-state index in [4.69, 9.17) is 15.8 Å². The summed E-state index contributed by atoms with van der Waals surface area (Å²) in [6.07, 6.45) is 0. The molecule has 0 bridgehead atoms. The fraction of sp³-hybridized carbons (Fsp3) is 0. The van der Waals surface area contributed by atoms with Gasteiger partial charge in [-0.25, -0.2) is 0 Å². The predicted octanol–water partition coefficient (Wildman–Crippen LogP) is 3.02. The average molecular weight is 314 g/mol. The molecule has 20 heavy (non-hydrogen) atoms. The first-order valence-electron chi connectivity index (χ1n) is 5.34. The minimum Gasteiger partial charge on any atom is -0.379 e. The van der Waals surface area contributed by atoms with Gasteiger partial charge in [0.05, 0.1) is 4.92 Å². The number of hydrogen-bond acceptors (Lipinski definition) is 5. The van der Waals surface area contributed by atoms with Crippen LogP contribution in [-0.2, 0) is 10.1 Å². The summed E-state index contributed by atoms with van der Waals surface area (Å²) in [5, 5.41) is 10.7. The fourth-order valence-electron chi connectivity index (χ4n) is 1.52. The summed E-state index contributed by atoms with van der Waals surface area (Å²) in [6.45, 7) is 0. The van der Waals surface area contributed by atoms with Crippen molar-refractivity contribution in [2.45, 2.75) is 4.90 Å². The molecule has 0 aliphatic rings. The summed E-state index contributed by atoms with van der Waals surface area (Å²) in [7, 11) is -4.34. The van der Waals surface area contributed by atoms with E-state index in [2.05, 4.69) is 0 Å². The van der Waals surface area contributed by atoms with Gasteiger partial charge in [-0.05, 0) is 24.3 Å². The molecule has 0 aliphatic heterocycles. The molecular weight excluding hydrogens is 306 g/mol. The van der Waals surface area contributed by atoms with E-state index in [0.717, 1.165) is 6.07 Å². The third-order valence-corrected chi connectivity index (χ3v) is 3.94. The van der Waals surface area contributed by atoms with Gasteiger partial charge in [0.2, 0.25) is 0 Å². The maximum Gasteiger partial charge on any atom is 0.346 e. The molecule has 6 nitrogen and oxygen atoms in total. The molecule has 0 aliphatic carbocycles. The van der Waals surface area contributed by atoms with Gasteiger partial charge in [-0.2, -0.15) is 8.42 Å². The maximum absolute atomic E-state index is 12.1. The summed E-state index contributed by atoms with van der Waals surface area (Å²) >= 11 is 5.67. The van der Waals surface area contributed by atoms with Crippen molar-refractivity contribution in [2.24, 2.45) is 0 Å². The van der Waals surface area contributed by atoms with Gasteiger partial charge >= 0.3 is 15.8 Å². The Morgan fingerprint density at radius 3 is 2.30 bits per heavy atom. The van der Waals surface area contributed by atoms with Gasteiger partial charge in [0, 0.05) is 0 Å². The summed E-state index contributed by atoms with van der Waals surface area (Å²) in [5.41, 5.74) is -0.704. The van der Waals surface area contributed by atoms with Crippen LogP contribution in [-0.4, -0.2) is 13.3 Å². The monoisotopic (exact) mass is 313 g/mol. The zero-order valence-corrected chi connectivity index (χ0v) is 11.5. The molecule has 2 aromatic rings. The van der Waals surface area contributed by atoms with E-state index < -0.39 is 25.6 Å². The van der Waals surface area contributed by atoms with Crippen LogP contribution >= 0.6 is 11.6 Å². The number of nitro benzene ring substituents is 1. The standard InChI is InChI=1S/C12H8ClNO5S/c13-10-7-4-8-11(12(10)14(15)16)20(17,18)19-9-5-2-1-3-6-9/h1-8H. The lowest BCUT2D eigenvalue weighted by Crippen LogP contribution is -2.12. The molecule has 0 N–H and O–H groups in total. The SMILES string of the molecule is O=[N+]([O-])c1c(Cl)cccc1S(=O)(=O)Oc1ccccc1. The van der Waals surface area contributed by atoms with Crippen molar-refractivity contribution in [3.8, 4) is 5.75 Å². The Hall–Kier alpha value is -2.12. The number of nitro groups is 1. The Morgan fingerprint density at radius 1 is 1.05 bits per heavy atom. The van der Waals surface area contributed by atoms with E-state index in [1.54, 1.807) is 18.2 Å². The molecule has 0 heterocycles. The largest absolute Gasteiger partial charge is 0.379 e. The van der Waals surface area contributed by atoms with E-state index >= 15 is 0 Å². The second-order valence-corrected chi connectivity index (χ2v) is 5.62. The third kappa shape index (κ3) is 2.89. The number of para-hydroxylation sites is 2. The highest BCUT2D eigenvalue weighted by Crippen LogP contribution is 2.32. The highest BCUT2D eigenvalue weighted by Gasteiger charge is 2.30. The first-order valence-corrected chi connectivity index (χ1v) is 7.13. The fourth-order valence-corrected chi connectivity index (χ4v) is 2.94. The van der Waals surface area contributed by atoms with E-state index in [0.29, 0.717) is 0 Å². The van der Waals surface area contributed by atoms with Gasteiger partial charge in [-0.1, -0.05) is 35.9 Å². The van der Waals surface area contributed by atoms with Crippen molar-refractivity contribution in [3.05, 3.63) is 63.7 Å². The first-order chi connectivity index (χ1) is 9.42. The van der Waals surface area contributed by atoms with Crippen molar-refractivity contribution >= 4 is 27.4 Å². The van der Waals surface area contributed by atoms with Gasteiger partial charge in [0.15, 0.2) is 4.90 Å². The van der Waals surface area contributed by atoms with Crippen molar-refractivity contribution < 1.29 is 17.5 Å². The Labute approximate surface area is 119 Å². The quantitative estimate of drug-likeness (QED) is 0.492. The molecule has 8 heteroatoms. The molecule has 0 radical (unpaired) electrons. The number of benzene rings is 2. The van der Waals surface area contributed by atoms with Gasteiger partial charge in [0.25, 0.3) is 0 Å². The summed E-state index contributed by atoms with van der Waals surface area (Å²) in [4.78, 5) is 9.50. The topological polar surface area (TPSA) is 86.5 Å². The van der Waals surface area contributed by atoms with Crippen LogP contribution in [0.3, 0.4) is 0 Å². The summed E-state index contributed by atoms with van der Waals surface area (Å²) in [6, 6.07) is 11.3. The van der Waals surface area contributed by atoms with Crippen LogP contribution in [0.25, 0.3) is 0 Å². The number of halogens is 1. The van der Waals surface area contributed by atoms with E-state index in [9.17, 15) is 18.5 Å². The van der Waals surface area contributed by atoms with Crippen molar-refractivity contribution in [2.75, 3.05) is 0 Å². The maximum atomic E-state index is 12.1. The highest BCUT2D eigenvalue weighted by molar-refractivity contribution is 7.87. The number of rotatable bonds is 4. The predicted molar refractivity (Wildman–Crippen MR) is 72.4 cm³/mol. The number of nitrogens with zero attached hydrogens (tertiary/aromatic N) is 1. The lowest BCUT2D eigenvalue weighted by atomic mass is 10.3. The molecule has 0 unspecified atom stereocenters. The van der Waals surface area contributed by atoms with Gasteiger partial charge in [0.1, 0.15) is 10.8 Å². The zero-order chi connectivity index (χ0) is 14.8. The van der Waals surface area contributed by atoms with E-state index in [1.807, 2.05) is 0 Å². The normalized spacial score (nSPS) is 11.1. The molecule has 0 amide bonds. The zero-order valence-electron chi connectivity index (χ0n) is 9.89. The number of hydrogen-bond donors (Lipinski definition) is 0. The third-order valence-electron chi connectivity index (χ3n) is 2.35. The van der Waals surface area contributed by atoms with Crippen LogP contribution in [0, 0.1) is 10.1 Å². The van der Waals surface area contributed by atoms with E-state index in [-0.39, 0.29) is 10.8 Å². The van der Waals surface area contributed by atoms with E-state index in [1.165, 1.54) is 24.3 Å². The highest BCUT2D eigenvalue weighted by atomic mass is 35.5. The lowest BCUT2D eigenvalue weighted by molar-refractivity contribution is -0.387. The lowest BCUT2D eigenvalue weighted by Gasteiger charge is -2.07. The van der Waals surface area contributed by atoms with Crippen LogP contribution in [0.2, 0.25) is 5.02 Å². The molecule has 2 rings (SSSR count). The van der Waals surface area contributed by atoms with Crippen LogP contribution in [0.5, 0.6) is 5.75 Å². The van der Waals surface area contributed by atoms with Crippen molar-refractivity contribution in [3.63, 3.8) is 0 Å². The molecule has 0 fully saturated rings.